The molecular formula is C23H27ClN4O2. The Kier molecular flexibility index (Phi) is 8.44. The number of halogens is 1. The van der Waals surface area contributed by atoms with Crippen LogP contribution in [0.15, 0.2) is 60.7 Å². The zero-order valence-corrected chi connectivity index (χ0v) is 17.6. The Morgan fingerprint density at radius 1 is 0.900 bits per heavy atom. The zero-order chi connectivity index (χ0) is 21.2. The average Bonchev–Trinajstić information content (AvgIpc) is 2.77. The van der Waals surface area contributed by atoms with Crippen LogP contribution in [0.4, 0.5) is 0 Å². The maximum atomic E-state index is 12.0. The van der Waals surface area contributed by atoms with Gasteiger partial charge < -0.3 is 4.90 Å². The second-order valence-corrected chi connectivity index (χ2v) is 7.71. The van der Waals surface area contributed by atoms with E-state index in [9.17, 15) is 9.59 Å². The lowest BCUT2D eigenvalue weighted by Gasteiger charge is -2.34. The fourth-order valence-corrected chi connectivity index (χ4v) is 3.38. The third-order valence-corrected chi connectivity index (χ3v) is 5.24. The lowest BCUT2D eigenvalue weighted by atomic mass is 10.2. The summed E-state index contributed by atoms with van der Waals surface area (Å²) < 4.78 is 0. The highest BCUT2D eigenvalue weighted by Crippen LogP contribution is 2.10. The molecule has 1 heterocycles. The molecule has 2 amide bonds. The molecule has 1 saturated heterocycles. The molecule has 0 radical (unpaired) electrons. The molecule has 30 heavy (non-hydrogen) atoms. The minimum absolute atomic E-state index is 0.199. The molecule has 158 valence electrons. The first-order valence-corrected chi connectivity index (χ1v) is 10.5. The van der Waals surface area contributed by atoms with Crippen LogP contribution in [0.5, 0.6) is 0 Å². The molecule has 3 rings (SSSR count). The highest BCUT2D eigenvalue weighted by Gasteiger charge is 2.17. The summed E-state index contributed by atoms with van der Waals surface area (Å²) in [5, 5.41) is 0.640. The molecule has 0 aliphatic carbocycles. The quantitative estimate of drug-likeness (QED) is 0.527. The van der Waals surface area contributed by atoms with Crippen LogP contribution < -0.4 is 10.9 Å². The fourth-order valence-electron chi connectivity index (χ4n) is 3.25. The number of benzene rings is 2. The summed E-state index contributed by atoms with van der Waals surface area (Å²) in [6.07, 6.45) is 3.38. The Balaban J connectivity index is 1.29. The summed E-state index contributed by atoms with van der Waals surface area (Å²) in [6.45, 7) is 5.50. The van der Waals surface area contributed by atoms with Crippen molar-refractivity contribution in [3.8, 4) is 0 Å². The van der Waals surface area contributed by atoms with Gasteiger partial charge in [0, 0.05) is 56.8 Å². The molecule has 1 aliphatic heterocycles. The smallest absolute Gasteiger partial charge is 0.262 e. The lowest BCUT2D eigenvalue weighted by molar-refractivity contribution is -0.127. The highest BCUT2D eigenvalue weighted by molar-refractivity contribution is 6.30. The molecular weight excluding hydrogens is 400 g/mol. The van der Waals surface area contributed by atoms with Crippen molar-refractivity contribution in [3.63, 3.8) is 0 Å². The summed E-state index contributed by atoms with van der Waals surface area (Å²) in [6, 6.07) is 17.6. The number of carbonyl (C=O) groups is 2. The first kappa shape index (κ1) is 22.0. The van der Waals surface area contributed by atoms with Crippen molar-refractivity contribution in [3.05, 3.63) is 76.8 Å². The van der Waals surface area contributed by atoms with Crippen molar-refractivity contribution < 1.29 is 9.59 Å². The number of piperazine rings is 1. The van der Waals surface area contributed by atoms with Gasteiger partial charge in [-0.25, -0.2) is 0 Å². The van der Waals surface area contributed by atoms with Gasteiger partial charge in [0.1, 0.15) is 0 Å². The molecule has 0 bridgehead atoms. The normalized spacial score (nSPS) is 15.2. The van der Waals surface area contributed by atoms with E-state index in [1.54, 1.807) is 18.2 Å². The van der Waals surface area contributed by atoms with Crippen LogP contribution in [0.3, 0.4) is 0 Å². The van der Waals surface area contributed by atoms with Crippen LogP contribution in [0.25, 0.3) is 6.08 Å². The Morgan fingerprint density at radius 2 is 1.57 bits per heavy atom. The van der Waals surface area contributed by atoms with Crippen LogP contribution in [0.2, 0.25) is 5.02 Å². The molecule has 1 fully saturated rings. The Bertz CT molecular complexity index is 847. The van der Waals surface area contributed by atoms with Crippen LogP contribution in [-0.2, 0) is 16.1 Å². The van der Waals surface area contributed by atoms with Crippen molar-refractivity contribution in [2.24, 2.45) is 0 Å². The first-order valence-electron chi connectivity index (χ1n) is 10.1. The third kappa shape index (κ3) is 7.63. The van der Waals surface area contributed by atoms with Crippen molar-refractivity contribution in [1.29, 1.82) is 0 Å². The highest BCUT2D eigenvalue weighted by atomic mass is 35.5. The molecule has 6 nitrogen and oxygen atoms in total. The number of rotatable bonds is 7. The van der Waals surface area contributed by atoms with Crippen molar-refractivity contribution >= 4 is 29.5 Å². The van der Waals surface area contributed by atoms with E-state index >= 15 is 0 Å². The average molecular weight is 427 g/mol. The van der Waals surface area contributed by atoms with E-state index in [4.69, 9.17) is 11.6 Å². The number of nitrogens with zero attached hydrogens (tertiary/aromatic N) is 2. The van der Waals surface area contributed by atoms with Gasteiger partial charge in [-0.1, -0.05) is 54.1 Å². The fraction of sp³-hybridized carbons (Fsp3) is 0.304. The molecule has 0 spiro atoms. The number of hydrazine groups is 1. The van der Waals surface area contributed by atoms with E-state index in [0.29, 0.717) is 18.0 Å². The Hall–Kier alpha value is -2.67. The van der Waals surface area contributed by atoms with Gasteiger partial charge in [0.25, 0.3) is 5.91 Å². The number of hydrogen-bond donors (Lipinski definition) is 2. The number of amides is 2. The van der Waals surface area contributed by atoms with Gasteiger partial charge in [-0.3, -0.25) is 25.3 Å². The molecule has 0 saturated carbocycles. The topological polar surface area (TPSA) is 64.7 Å². The zero-order valence-electron chi connectivity index (χ0n) is 16.9. The van der Waals surface area contributed by atoms with Crippen molar-refractivity contribution in [2.75, 3.05) is 32.7 Å². The van der Waals surface area contributed by atoms with E-state index in [1.165, 1.54) is 11.6 Å². The second kappa shape index (κ2) is 11.5. The molecule has 7 heteroatoms. The Morgan fingerprint density at radius 3 is 2.27 bits per heavy atom. The predicted octanol–water partition coefficient (Wildman–Crippen LogP) is 2.71. The van der Waals surface area contributed by atoms with Gasteiger partial charge in [-0.15, -0.1) is 0 Å². The standard InChI is InChI=1S/C23H27ClN4O2/c24-21-9-6-19(7-10-21)8-11-22(29)25-26-23(30)12-13-27-14-16-28(17-15-27)18-20-4-2-1-3-5-20/h1-11H,12-18H2,(H,25,29)(H,26,30)/b11-8+. The number of nitrogens with one attached hydrogen (secondary N) is 2. The monoisotopic (exact) mass is 426 g/mol. The summed E-state index contributed by atoms with van der Waals surface area (Å²) in [5.74, 6) is -0.581. The summed E-state index contributed by atoms with van der Waals surface area (Å²) in [4.78, 5) is 28.5. The van der Waals surface area contributed by atoms with Crippen LogP contribution in [0.1, 0.15) is 17.5 Å². The van der Waals surface area contributed by atoms with E-state index in [-0.39, 0.29) is 11.8 Å². The predicted molar refractivity (Wildman–Crippen MR) is 120 cm³/mol. The lowest BCUT2D eigenvalue weighted by Crippen LogP contribution is -2.47. The SMILES string of the molecule is O=C(/C=C/c1ccc(Cl)cc1)NNC(=O)CCN1CCN(Cc2ccccc2)CC1. The van der Waals surface area contributed by atoms with E-state index in [1.807, 2.05) is 18.2 Å². The van der Waals surface area contributed by atoms with E-state index < -0.39 is 0 Å². The van der Waals surface area contributed by atoms with Gasteiger partial charge >= 0.3 is 0 Å². The van der Waals surface area contributed by atoms with Crippen LogP contribution in [-0.4, -0.2) is 54.3 Å². The summed E-state index contributed by atoms with van der Waals surface area (Å²) in [7, 11) is 0. The molecule has 0 unspecified atom stereocenters. The van der Waals surface area contributed by atoms with E-state index in [0.717, 1.165) is 38.3 Å². The van der Waals surface area contributed by atoms with Gasteiger partial charge in [-0.2, -0.15) is 0 Å². The van der Waals surface area contributed by atoms with Crippen LogP contribution >= 0.6 is 11.6 Å². The van der Waals surface area contributed by atoms with Gasteiger partial charge in [0.15, 0.2) is 0 Å². The Labute approximate surface area is 182 Å². The molecule has 1 aliphatic rings. The van der Waals surface area contributed by atoms with Crippen molar-refractivity contribution in [1.82, 2.24) is 20.7 Å². The second-order valence-electron chi connectivity index (χ2n) is 7.28. The molecule has 0 atom stereocenters. The van der Waals surface area contributed by atoms with Gasteiger partial charge in [0.2, 0.25) is 5.91 Å². The van der Waals surface area contributed by atoms with Crippen molar-refractivity contribution in [2.45, 2.75) is 13.0 Å². The molecule has 2 N–H and O–H groups in total. The van der Waals surface area contributed by atoms with E-state index in [2.05, 4.69) is 44.9 Å². The largest absolute Gasteiger partial charge is 0.300 e. The molecule has 2 aromatic carbocycles. The summed E-state index contributed by atoms with van der Waals surface area (Å²) in [5.41, 5.74) is 7.05. The number of hydrogen-bond acceptors (Lipinski definition) is 4. The van der Waals surface area contributed by atoms with Gasteiger partial charge in [-0.05, 0) is 29.3 Å². The minimum atomic E-state index is -0.382. The van der Waals surface area contributed by atoms with Crippen LogP contribution in [0, 0.1) is 0 Å². The first-order chi connectivity index (χ1) is 14.6. The number of carbonyl (C=O) groups excluding carboxylic acids is 2. The maximum absolute atomic E-state index is 12.0. The minimum Gasteiger partial charge on any atom is -0.300 e. The summed E-state index contributed by atoms with van der Waals surface area (Å²) >= 11 is 5.83. The molecule has 2 aromatic rings. The molecule has 0 aromatic heterocycles. The third-order valence-electron chi connectivity index (χ3n) is 4.99. The van der Waals surface area contributed by atoms with Gasteiger partial charge in [0.05, 0.1) is 0 Å². The maximum Gasteiger partial charge on any atom is 0.262 e.